The lowest BCUT2D eigenvalue weighted by atomic mass is 10.1. The molecular weight excluding hydrogens is 226 g/mol. The summed E-state index contributed by atoms with van der Waals surface area (Å²) in [7, 11) is 0. The van der Waals surface area contributed by atoms with E-state index in [2.05, 4.69) is 0 Å². The largest absolute Gasteiger partial charge is 0.471 e. The Balaban J connectivity index is 2.39. The Morgan fingerprint density at radius 2 is 2.00 bits per heavy atom. The maximum atomic E-state index is 12.7. The van der Waals surface area contributed by atoms with Crippen molar-refractivity contribution >= 4 is 5.91 Å². The summed E-state index contributed by atoms with van der Waals surface area (Å²) in [6.07, 6.45) is -4.72. The van der Waals surface area contributed by atoms with Crippen LogP contribution in [0.4, 0.5) is 17.6 Å². The van der Waals surface area contributed by atoms with Crippen LogP contribution in [0.2, 0.25) is 0 Å². The van der Waals surface area contributed by atoms with E-state index in [1.165, 1.54) is 18.2 Å². The number of hydrogen-bond donors (Lipinski definition) is 1. The first-order valence-electron chi connectivity index (χ1n) is 4.49. The normalized spacial score (nSPS) is 11.2. The monoisotopic (exact) mass is 235 g/mol. The molecule has 2 nitrogen and oxygen atoms in total. The van der Waals surface area contributed by atoms with Gasteiger partial charge < -0.3 is 5.32 Å². The van der Waals surface area contributed by atoms with Crippen LogP contribution in [0.25, 0.3) is 0 Å². The van der Waals surface area contributed by atoms with Crippen LogP contribution in [-0.4, -0.2) is 18.6 Å². The smallest absolute Gasteiger partial charge is 0.348 e. The summed E-state index contributed by atoms with van der Waals surface area (Å²) in [5, 5.41) is 1.70. The quantitative estimate of drug-likeness (QED) is 0.798. The number of hydrogen-bond acceptors (Lipinski definition) is 1. The van der Waals surface area contributed by atoms with Gasteiger partial charge in [-0.3, -0.25) is 4.79 Å². The van der Waals surface area contributed by atoms with Gasteiger partial charge in [0.05, 0.1) is 0 Å². The Hall–Kier alpha value is -1.59. The first-order valence-corrected chi connectivity index (χ1v) is 4.49. The van der Waals surface area contributed by atoms with E-state index in [0.29, 0.717) is 5.56 Å². The van der Waals surface area contributed by atoms with Crippen LogP contribution in [0.1, 0.15) is 5.56 Å². The van der Waals surface area contributed by atoms with Gasteiger partial charge in [0.1, 0.15) is 5.82 Å². The number of benzene rings is 1. The Bertz CT molecular complexity index is 375. The minimum Gasteiger partial charge on any atom is -0.348 e. The van der Waals surface area contributed by atoms with Crippen molar-refractivity contribution in [2.24, 2.45) is 0 Å². The fraction of sp³-hybridized carbons (Fsp3) is 0.300. The molecule has 0 spiro atoms. The lowest BCUT2D eigenvalue weighted by Crippen LogP contribution is -2.37. The molecule has 0 aromatic heterocycles. The van der Waals surface area contributed by atoms with Gasteiger partial charge in [0.25, 0.3) is 0 Å². The molecule has 6 heteroatoms. The molecule has 88 valence electrons. The van der Waals surface area contributed by atoms with Crippen molar-refractivity contribution < 1.29 is 22.4 Å². The molecule has 0 heterocycles. The van der Waals surface area contributed by atoms with Crippen LogP contribution in [-0.2, 0) is 11.2 Å². The van der Waals surface area contributed by atoms with Crippen LogP contribution in [0, 0.1) is 5.82 Å². The van der Waals surface area contributed by atoms with Crippen molar-refractivity contribution in [3.05, 3.63) is 35.6 Å². The van der Waals surface area contributed by atoms with E-state index in [9.17, 15) is 22.4 Å². The molecule has 0 atom stereocenters. The highest BCUT2D eigenvalue weighted by Crippen LogP contribution is 2.14. The number of carbonyl (C=O) groups excluding carboxylic acids is 1. The number of nitrogens with one attached hydrogen (secondary N) is 1. The molecule has 0 fully saturated rings. The van der Waals surface area contributed by atoms with E-state index in [4.69, 9.17) is 0 Å². The Morgan fingerprint density at radius 1 is 1.31 bits per heavy atom. The zero-order valence-corrected chi connectivity index (χ0v) is 8.14. The van der Waals surface area contributed by atoms with Crippen molar-refractivity contribution in [3.8, 4) is 0 Å². The second kappa shape index (κ2) is 4.96. The Morgan fingerprint density at radius 3 is 2.56 bits per heavy atom. The highest BCUT2D eigenvalue weighted by Gasteiger charge is 2.38. The van der Waals surface area contributed by atoms with E-state index >= 15 is 0 Å². The zero-order valence-electron chi connectivity index (χ0n) is 8.14. The molecule has 0 bridgehead atoms. The van der Waals surface area contributed by atoms with Gasteiger partial charge in [0, 0.05) is 6.54 Å². The highest BCUT2D eigenvalue weighted by atomic mass is 19.4. The lowest BCUT2D eigenvalue weighted by Gasteiger charge is -2.07. The molecule has 16 heavy (non-hydrogen) atoms. The fourth-order valence-electron chi connectivity index (χ4n) is 1.11. The first kappa shape index (κ1) is 12.5. The van der Waals surface area contributed by atoms with Gasteiger partial charge >= 0.3 is 12.1 Å². The SMILES string of the molecule is O=C(NCCc1cccc(F)c1)C(F)(F)F. The molecule has 1 amide bonds. The van der Waals surface area contributed by atoms with Gasteiger partial charge in [0.15, 0.2) is 0 Å². The van der Waals surface area contributed by atoms with Crippen molar-refractivity contribution in [1.29, 1.82) is 0 Å². The van der Waals surface area contributed by atoms with Crippen molar-refractivity contribution in [2.75, 3.05) is 6.54 Å². The van der Waals surface area contributed by atoms with Crippen LogP contribution in [0.15, 0.2) is 24.3 Å². The Kier molecular flexibility index (Phi) is 3.87. The van der Waals surface area contributed by atoms with E-state index < -0.39 is 17.9 Å². The maximum absolute atomic E-state index is 12.7. The fourth-order valence-corrected chi connectivity index (χ4v) is 1.11. The average Bonchev–Trinajstić information content (AvgIpc) is 2.16. The zero-order chi connectivity index (χ0) is 12.2. The molecule has 0 aliphatic heterocycles. The van der Waals surface area contributed by atoms with Crippen LogP contribution in [0.5, 0.6) is 0 Å². The number of amides is 1. The van der Waals surface area contributed by atoms with Gasteiger partial charge in [-0.15, -0.1) is 0 Å². The molecule has 0 radical (unpaired) electrons. The predicted molar refractivity (Wildman–Crippen MR) is 49.2 cm³/mol. The summed E-state index contributed by atoms with van der Waals surface area (Å²) in [5.74, 6) is -2.44. The third kappa shape index (κ3) is 3.88. The standard InChI is InChI=1S/C10H9F4NO/c11-8-3-1-2-7(6-8)4-5-15-9(16)10(12,13)14/h1-3,6H,4-5H2,(H,15,16). The number of carbonyl (C=O) groups is 1. The van der Waals surface area contributed by atoms with Gasteiger partial charge in [-0.2, -0.15) is 13.2 Å². The molecule has 1 aromatic rings. The second-order valence-electron chi connectivity index (χ2n) is 3.13. The molecule has 1 N–H and O–H groups in total. The third-order valence-electron chi connectivity index (χ3n) is 1.85. The van der Waals surface area contributed by atoms with Crippen molar-refractivity contribution in [2.45, 2.75) is 12.6 Å². The minimum atomic E-state index is -4.87. The summed E-state index contributed by atoms with van der Waals surface area (Å²) >= 11 is 0. The molecular formula is C10H9F4NO. The van der Waals surface area contributed by atoms with Crippen LogP contribution in [0.3, 0.4) is 0 Å². The molecule has 1 aromatic carbocycles. The van der Waals surface area contributed by atoms with Gasteiger partial charge in [-0.05, 0) is 24.1 Å². The van der Waals surface area contributed by atoms with Crippen molar-refractivity contribution in [3.63, 3.8) is 0 Å². The summed E-state index contributed by atoms with van der Waals surface area (Å²) in [6.45, 7) is -0.179. The van der Waals surface area contributed by atoms with E-state index in [0.717, 1.165) is 0 Å². The van der Waals surface area contributed by atoms with Crippen molar-refractivity contribution in [1.82, 2.24) is 5.32 Å². The van der Waals surface area contributed by atoms with E-state index in [-0.39, 0.29) is 13.0 Å². The molecule has 0 aliphatic rings. The van der Waals surface area contributed by atoms with E-state index in [1.54, 1.807) is 11.4 Å². The number of rotatable bonds is 3. The number of alkyl halides is 3. The van der Waals surface area contributed by atoms with Gasteiger partial charge in [0.2, 0.25) is 0 Å². The lowest BCUT2D eigenvalue weighted by molar-refractivity contribution is -0.173. The highest BCUT2D eigenvalue weighted by molar-refractivity contribution is 5.81. The third-order valence-corrected chi connectivity index (χ3v) is 1.85. The summed E-state index contributed by atoms with van der Waals surface area (Å²) in [4.78, 5) is 10.4. The maximum Gasteiger partial charge on any atom is 0.471 e. The average molecular weight is 235 g/mol. The minimum absolute atomic E-state index is 0.152. The van der Waals surface area contributed by atoms with E-state index in [1.807, 2.05) is 0 Å². The summed E-state index contributed by atoms with van der Waals surface area (Å²) in [5.41, 5.74) is 0.530. The Labute approximate surface area is 89.3 Å². The van der Waals surface area contributed by atoms with Gasteiger partial charge in [-0.1, -0.05) is 12.1 Å². The van der Waals surface area contributed by atoms with Crippen LogP contribution >= 0.6 is 0 Å². The molecule has 1 rings (SSSR count). The molecule has 0 aliphatic carbocycles. The first-order chi connectivity index (χ1) is 7.39. The van der Waals surface area contributed by atoms with Crippen LogP contribution < -0.4 is 5.32 Å². The second-order valence-corrected chi connectivity index (χ2v) is 3.13. The molecule has 0 saturated heterocycles. The molecule has 0 unspecified atom stereocenters. The summed E-state index contributed by atoms with van der Waals surface area (Å²) in [6, 6.07) is 5.47. The summed E-state index contributed by atoms with van der Waals surface area (Å²) < 4.78 is 48.0. The predicted octanol–water partition coefficient (Wildman–Crippen LogP) is 2.05. The molecule has 0 saturated carbocycles. The topological polar surface area (TPSA) is 29.1 Å². The van der Waals surface area contributed by atoms with Gasteiger partial charge in [-0.25, -0.2) is 4.39 Å². The number of halogens is 4.